The van der Waals surface area contributed by atoms with Gasteiger partial charge in [-0.05, 0) is 18.8 Å². The average molecular weight is 350 g/mol. The van der Waals surface area contributed by atoms with Gasteiger partial charge in [0.25, 0.3) is 5.91 Å². The molecule has 3 atom stereocenters. The van der Waals surface area contributed by atoms with Crippen LogP contribution in [-0.2, 0) is 17.8 Å². The van der Waals surface area contributed by atoms with Crippen LogP contribution in [0.2, 0.25) is 0 Å². The van der Waals surface area contributed by atoms with E-state index in [0.29, 0.717) is 25.2 Å². The number of nitrogens with zero attached hydrogens (tertiary/aromatic N) is 3. The Morgan fingerprint density at radius 2 is 2.04 bits per heavy atom. The average Bonchev–Trinajstić information content (AvgIpc) is 3.10. The first-order valence-electron chi connectivity index (χ1n) is 8.99. The Labute approximate surface area is 146 Å². The van der Waals surface area contributed by atoms with Crippen molar-refractivity contribution in [2.24, 2.45) is 5.92 Å². The van der Waals surface area contributed by atoms with Crippen molar-refractivity contribution < 1.29 is 9.90 Å². The summed E-state index contributed by atoms with van der Waals surface area (Å²) in [5.41, 5.74) is 1.15. The molecule has 2 bridgehead atoms. The number of amides is 1. The highest BCUT2D eigenvalue weighted by Gasteiger charge is 2.39. The van der Waals surface area contributed by atoms with Crippen LogP contribution in [0.5, 0.6) is 0 Å². The number of aliphatic hydroxyl groups excluding tert-OH is 1. The summed E-state index contributed by atoms with van der Waals surface area (Å²) in [6, 6.07) is 1.13. The first kappa shape index (κ1) is 16.3. The number of hydrogen-bond donors (Lipinski definition) is 2. The van der Waals surface area contributed by atoms with Gasteiger partial charge in [0.15, 0.2) is 5.13 Å². The van der Waals surface area contributed by atoms with Crippen molar-refractivity contribution in [2.45, 2.75) is 57.8 Å². The highest BCUT2D eigenvalue weighted by Crippen LogP contribution is 2.38. The summed E-state index contributed by atoms with van der Waals surface area (Å²) in [4.78, 5) is 22.8. The Bertz CT molecular complexity index is 616. The standard InChI is InChI=1S/C17H26N4O2S/c1-10(2)15(22)16(23)20-6-5-13-14(9-20)24-17(19-13)21-11-3-4-12(21)8-18-7-11/h10-12,15,18,22H,3-9H2,1-2H3. The third-order valence-electron chi connectivity index (χ3n) is 5.52. The molecule has 0 aliphatic carbocycles. The van der Waals surface area contributed by atoms with E-state index in [4.69, 9.17) is 4.98 Å². The van der Waals surface area contributed by atoms with E-state index in [0.717, 1.165) is 30.3 Å². The number of piperazine rings is 1. The molecule has 1 amide bonds. The highest BCUT2D eigenvalue weighted by molar-refractivity contribution is 7.15. The van der Waals surface area contributed by atoms with Crippen LogP contribution < -0.4 is 10.2 Å². The van der Waals surface area contributed by atoms with Gasteiger partial charge in [0, 0.05) is 43.0 Å². The molecule has 2 N–H and O–H groups in total. The minimum absolute atomic E-state index is 0.0487. The SMILES string of the molecule is CC(C)C(O)C(=O)N1CCc2nc(N3C4CCC3CNC4)sc2C1. The number of carbonyl (C=O) groups excluding carboxylic acids is 1. The number of anilines is 1. The summed E-state index contributed by atoms with van der Waals surface area (Å²) in [6.07, 6.45) is 2.38. The van der Waals surface area contributed by atoms with Gasteiger partial charge in [0.1, 0.15) is 6.10 Å². The van der Waals surface area contributed by atoms with E-state index in [1.165, 1.54) is 17.7 Å². The van der Waals surface area contributed by atoms with Gasteiger partial charge >= 0.3 is 0 Å². The molecule has 4 heterocycles. The van der Waals surface area contributed by atoms with E-state index < -0.39 is 6.10 Å². The van der Waals surface area contributed by atoms with Gasteiger partial charge in [0.05, 0.1) is 12.2 Å². The molecule has 0 spiro atoms. The van der Waals surface area contributed by atoms with E-state index in [1.807, 2.05) is 13.8 Å². The van der Waals surface area contributed by atoms with Gasteiger partial charge in [-0.15, -0.1) is 0 Å². The monoisotopic (exact) mass is 350 g/mol. The predicted octanol–water partition coefficient (Wildman–Crippen LogP) is 0.985. The second kappa shape index (κ2) is 6.28. The fourth-order valence-corrected chi connectivity index (χ4v) is 5.31. The van der Waals surface area contributed by atoms with Crippen LogP contribution in [-0.4, -0.2) is 58.7 Å². The van der Waals surface area contributed by atoms with Crippen molar-refractivity contribution in [3.05, 3.63) is 10.6 Å². The van der Waals surface area contributed by atoms with Gasteiger partial charge in [-0.3, -0.25) is 4.79 Å². The van der Waals surface area contributed by atoms with Crippen molar-refractivity contribution in [2.75, 3.05) is 24.5 Å². The molecular weight excluding hydrogens is 324 g/mol. The lowest BCUT2D eigenvalue weighted by molar-refractivity contribution is -0.143. The van der Waals surface area contributed by atoms with Crippen LogP contribution in [0.15, 0.2) is 0 Å². The number of nitrogens with one attached hydrogen (secondary N) is 1. The topological polar surface area (TPSA) is 68.7 Å². The number of thiazole rings is 1. The molecule has 24 heavy (non-hydrogen) atoms. The number of fused-ring (bicyclic) bond motifs is 3. The smallest absolute Gasteiger partial charge is 0.252 e. The molecule has 1 aromatic rings. The second-order valence-electron chi connectivity index (χ2n) is 7.52. The maximum atomic E-state index is 12.4. The first-order valence-corrected chi connectivity index (χ1v) is 9.80. The fraction of sp³-hybridized carbons (Fsp3) is 0.765. The quantitative estimate of drug-likeness (QED) is 0.851. The Hall–Kier alpha value is -1.18. The molecule has 2 fully saturated rings. The predicted molar refractivity (Wildman–Crippen MR) is 94.2 cm³/mol. The Morgan fingerprint density at radius 3 is 2.71 bits per heavy atom. The number of rotatable bonds is 3. The maximum Gasteiger partial charge on any atom is 0.252 e. The molecule has 3 aliphatic heterocycles. The zero-order valence-corrected chi connectivity index (χ0v) is 15.2. The largest absolute Gasteiger partial charge is 0.383 e. The van der Waals surface area contributed by atoms with Crippen LogP contribution in [0.1, 0.15) is 37.3 Å². The summed E-state index contributed by atoms with van der Waals surface area (Å²) in [5, 5.41) is 14.7. The minimum atomic E-state index is -0.900. The second-order valence-corrected chi connectivity index (χ2v) is 8.58. The molecule has 0 aromatic carbocycles. The Morgan fingerprint density at radius 1 is 1.33 bits per heavy atom. The Kier molecular flexibility index (Phi) is 4.26. The van der Waals surface area contributed by atoms with E-state index in [9.17, 15) is 9.90 Å². The molecule has 7 heteroatoms. The molecule has 2 saturated heterocycles. The van der Waals surface area contributed by atoms with E-state index in [1.54, 1.807) is 16.2 Å². The van der Waals surface area contributed by atoms with E-state index in [2.05, 4.69) is 10.2 Å². The summed E-state index contributed by atoms with van der Waals surface area (Å²) in [6.45, 7) is 7.11. The highest BCUT2D eigenvalue weighted by atomic mass is 32.1. The third-order valence-corrected chi connectivity index (χ3v) is 6.61. The molecule has 0 saturated carbocycles. The zero-order chi connectivity index (χ0) is 16.8. The normalized spacial score (nSPS) is 27.5. The summed E-state index contributed by atoms with van der Waals surface area (Å²) >= 11 is 1.74. The Balaban J connectivity index is 1.51. The van der Waals surface area contributed by atoms with Gasteiger partial charge in [-0.2, -0.15) is 0 Å². The lowest BCUT2D eigenvalue weighted by Gasteiger charge is -2.35. The lowest BCUT2D eigenvalue weighted by atomic mass is 10.0. The zero-order valence-electron chi connectivity index (χ0n) is 14.4. The molecule has 6 nitrogen and oxygen atoms in total. The number of aliphatic hydroxyl groups is 1. The van der Waals surface area contributed by atoms with Gasteiger partial charge < -0.3 is 20.2 Å². The number of carbonyl (C=O) groups is 1. The van der Waals surface area contributed by atoms with Crippen LogP contribution in [0.3, 0.4) is 0 Å². The summed E-state index contributed by atoms with van der Waals surface area (Å²) in [7, 11) is 0. The van der Waals surface area contributed by atoms with E-state index >= 15 is 0 Å². The molecule has 3 aliphatic rings. The molecule has 1 aromatic heterocycles. The molecule has 4 rings (SSSR count). The van der Waals surface area contributed by atoms with Crippen molar-refractivity contribution >= 4 is 22.4 Å². The number of aromatic nitrogens is 1. The van der Waals surface area contributed by atoms with Gasteiger partial charge in [-0.25, -0.2) is 4.98 Å². The maximum absolute atomic E-state index is 12.4. The van der Waals surface area contributed by atoms with Crippen molar-refractivity contribution in [3.8, 4) is 0 Å². The molecule has 0 radical (unpaired) electrons. The summed E-state index contributed by atoms with van der Waals surface area (Å²) < 4.78 is 0. The van der Waals surface area contributed by atoms with Crippen LogP contribution >= 0.6 is 11.3 Å². The van der Waals surface area contributed by atoms with Crippen LogP contribution in [0.4, 0.5) is 5.13 Å². The third kappa shape index (κ3) is 2.72. The van der Waals surface area contributed by atoms with Crippen molar-refractivity contribution in [1.29, 1.82) is 0 Å². The first-order chi connectivity index (χ1) is 11.5. The lowest BCUT2D eigenvalue weighted by Crippen LogP contribution is -2.51. The minimum Gasteiger partial charge on any atom is -0.383 e. The number of hydrogen-bond acceptors (Lipinski definition) is 6. The molecule has 3 unspecified atom stereocenters. The summed E-state index contributed by atoms with van der Waals surface area (Å²) in [5.74, 6) is -0.194. The molecular formula is C17H26N4O2S. The van der Waals surface area contributed by atoms with Gasteiger partial charge in [-0.1, -0.05) is 25.2 Å². The van der Waals surface area contributed by atoms with Crippen LogP contribution in [0.25, 0.3) is 0 Å². The van der Waals surface area contributed by atoms with E-state index in [-0.39, 0.29) is 11.8 Å². The van der Waals surface area contributed by atoms with Crippen molar-refractivity contribution in [1.82, 2.24) is 15.2 Å². The molecule has 132 valence electrons. The van der Waals surface area contributed by atoms with Gasteiger partial charge in [0.2, 0.25) is 0 Å². The van der Waals surface area contributed by atoms with Crippen LogP contribution in [0, 0.1) is 5.92 Å². The van der Waals surface area contributed by atoms with Crippen molar-refractivity contribution in [3.63, 3.8) is 0 Å². The fourth-order valence-electron chi connectivity index (χ4n) is 4.04.